The maximum absolute atomic E-state index is 12.9. The number of esters is 2. The van der Waals surface area contributed by atoms with Crippen LogP contribution in [-0.4, -0.2) is 59.6 Å². The van der Waals surface area contributed by atoms with Gasteiger partial charge in [0, 0.05) is 0 Å². The average Bonchev–Trinajstić information content (AvgIpc) is 2.50. The van der Waals surface area contributed by atoms with E-state index in [1.165, 1.54) is 0 Å². The third kappa shape index (κ3) is 5.74. The molecule has 0 fully saturated rings. The lowest BCUT2D eigenvalue weighted by atomic mass is 10.1. The summed E-state index contributed by atoms with van der Waals surface area (Å²) < 4.78 is 138. The van der Waals surface area contributed by atoms with Crippen molar-refractivity contribution in [2.24, 2.45) is 0 Å². The molecule has 0 amide bonds. The van der Waals surface area contributed by atoms with Gasteiger partial charge in [0.05, 0.1) is 16.0 Å². The molecule has 0 saturated heterocycles. The molecule has 30 heavy (non-hydrogen) atoms. The number of rotatable bonds is 7. The Morgan fingerprint density at radius 1 is 0.733 bits per heavy atom. The molecule has 0 aliphatic rings. The number of aliphatic hydroxyl groups is 2. The molecule has 0 aliphatic carbocycles. The summed E-state index contributed by atoms with van der Waals surface area (Å²) in [6.45, 7) is 0. The minimum absolute atomic E-state index is 0.0706. The lowest BCUT2D eigenvalue weighted by Gasteiger charge is -2.21. The quantitative estimate of drug-likeness (QED) is 0.302. The number of carbonyl (C=O) groups is 2. The third-order valence-corrected chi connectivity index (χ3v) is 3.65. The summed E-state index contributed by atoms with van der Waals surface area (Å²) in [5, 5.41) is 15.8. The highest BCUT2D eigenvalue weighted by Crippen LogP contribution is 2.35. The summed E-state index contributed by atoms with van der Waals surface area (Å²) >= 11 is 0. The van der Waals surface area contributed by atoms with E-state index >= 15 is 0 Å². The maximum atomic E-state index is 12.9. The molecule has 0 bridgehead atoms. The topological polar surface area (TPSA) is 147 Å². The van der Waals surface area contributed by atoms with Crippen LogP contribution in [0.25, 0.3) is 0 Å². The fourth-order valence-electron chi connectivity index (χ4n) is 1.46. The molecule has 9 nitrogen and oxygen atoms in total. The lowest BCUT2D eigenvalue weighted by Crippen LogP contribution is -2.44. The Kier molecular flexibility index (Phi) is 6.45. The second kappa shape index (κ2) is 7.60. The standard InChI is InChI=1S/C12H6F8O9S/c13-9(14,23)11(17,18)28-7(21)4-1-5(3-6(2-4)30(25,26)27)8(22)29-12(19,20)10(15,16)24/h1-3,23-24H,(H,25,26,27). The van der Waals surface area contributed by atoms with Crippen LogP contribution in [0, 0.1) is 0 Å². The zero-order valence-corrected chi connectivity index (χ0v) is 14.3. The fourth-order valence-corrected chi connectivity index (χ4v) is 2.01. The highest BCUT2D eigenvalue weighted by atomic mass is 32.2. The van der Waals surface area contributed by atoms with E-state index in [2.05, 4.69) is 9.47 Å². The van der Waals surface area contributed by atoms with Gasteiger partial charge in [0.1, 0.15) is 0 Å². The largest absolute Gasteiger partial charge is 0.496 e. The Bertz CT molecular complexity index is 891. The summed E-state index contributed by atoms with van der Waals surface area (Å²) in [7, 11) is -5.44. The molecular formula is C12H6F8O9S. The van der Waals surface area contributed by atoms with Gasteiger partial charge in [-0.3, -0.25) is 4.55 Å². The van der Waals surface area contributed by atoms with Gasteiger partial charge in [0.15, 0.2) is 0 Å². The normalized spacial score (nSPS) is 13.7. The zero-order valence-electron chi connectivity index (χ0n) is 13.5. The van der Waals surface area contributed by atoms with Crippen LogP contribution >= 0.6 is 0 Å². The fraction of sp³-hybridized carbons (Fsp3) is 0.333. The monoisotopic (exact) mass is 478 g/mol. The molecule has 0 atom stereocenters. The Balaban J connectivity index is 3.45. The highest BCUT2D eigenvalue weighted by Gasteiger charge is 2.61. The van der Waals surface area contributed by atoms with Crippen molar-refractivity contribution in [2.45, 2.75) is 29.3 Å². The number of benzene rings is 1. The van der Waals surface area contributed by atoms with E-state index < -0.39 is 62.5 Å². The van der Waals surface area contributed by atoms with Crippen LogP contribution in [0.5, 0.6) is 0 Å². The molecule has 18 heteroatoms. The van der Waals surface area contributed by atoms with Gasteiger partial charge in [-0.2, -0.15) is 43.5 Å². The number of hydrogen-bond donors (Lipinski definition) is 3. The zero-order chi connectivity index (χ0) is 23.9. The molecule has 170 valence electrons. The molecule has 0 unspecified atom stereocenters. The van der Waals surface area contributed by atoms with Gasteiger partial charge >= 0.3 is 36.4 Å². The third-order valence-electron chi connectivity index (χ3n) is 2.82. The van der Waals surface area contributed by atoms with Crippen molar-refractivity contribution >= 4 is 22.1 Å². The number of carbonyl (C=O) groups excluding carboxylic acids is 2. The van der Waals surface area contributed by atoms with Crippen molar-refractivity contribution in [1.29, 1.82) is 0 Å². The number of alkyl halides is 8. The van der Waals surface area contributed by atoms with E-state index in [0.29, 0.717) is 0 Å². The van der Waals surface area contributed by atoms with Crippen molar-refractivity contribution in [1.82, 2.24) is 0 Å². The summed E-state index contributed by atoms with van der Waals surface area (Å²) in [6, 6.07) is -0.256. The molecule has 1 aromatic rings. The first kappa shape index (κ1) is 25.5. The Morgan fingerprint density at radius 3 is 1.27 bits per heavy atom. The Morgan fingerprint density at radius 2 is 1.03 bits per heavy atom. The minimum atomic E-state index is -5.94. The van der Waals surface area contributed by atoms with Gasteiger partial charge in [-0.1, -0.05) is 0 Å². The van der Waals surface area contributed by atoms with Crippen LogP contribution < -0.4 is 0 Å². The van der Waals surface area contributed by atoms with Crippen LogP contribution in [0.3, 0.4) is 0 Å². The second-order valence-corrected chi connectivity index (χ2v) is 6.54. The summed E-state index contributed by atoms with van der Waals surface area (Å²) in [5.74, 6) is -5.18. The highest BCUT2D eigenvalue weighted by molar-refractivity contribution is 7.85. The lowest BCUT2D eigenvalue weighted by molar-refractivity contribution is -0.400. The van der Waals surface area contributed by atoms with Gasteiger partial charge < -0.3 is 19.7 Å². The van der Waals surface area contributed by atoms with Gasteiger partial charge in [-0.25, -0.2) is 9.59 Å². The molecular weight excluding hydrogens is 472 g/mol. The number of halogens is 8. The average molecular weight is 478 g/mol. The molecule has 0 saturated carbocycles. The van der Waals surface area contributed by atoms with Crippen LogP contribution in [0.2, 0.25) is 0 Å². The molecule has 0 radical (unpaired) electrons. The molecule has 1 aromatic carbocycles. The van der Waals surface area contributed by atoms with Crippen LogP contribution in [-0.2, 0) is 19.6 Å². The molecule has 3 N–H and O–H groups in total. The maximum Gasteiger partial charge on any atom is 0.496 e. The Labute approximate surface area is 159 Å². The molecule has 0 aliphatic heterocycles. The number of ether oxygens (including phenoxy) is 2. The van der Waals surface area contributed by atoms with Crippen molar-refractivity contribution in [3.8, 4) is 0 Å². The predicted molar refractivity (Wildman–Crippen MR) is 71.3 cm³/mol. The SMILES string of the molecule is O=C(OC(F)(F)C(O)(F)F)c1cc(C(=O)OC(F)(F)C(O)(F)F)cc(S(=O)(=O)O)c1. The Hall–Kier alpha value is -2.57. The van der Waals surface area contributed by atoms with E-state index in [0.717, 1.165) is 0 Å². The van der Waals surface area contributed by atoms with E-state index in [1.54, 1.807) is 0 Å². The smallest absolute Gasteiger partial charge is 0.390 e. The first-order chi connectivity index (χ1) is 13.1. The predicted octanol–water partition coefficient (Wildman–Crippen LogP) is 1.60. The van der Waals surface area contributed by atoms with Crippen molar-refractivity contribution in [3.63, 3.8) is 0 Å². The molecule has 0 heterocycles. The molecule has 0 aromatic heterocycles. The first-order valence-electron chi connectivity index (χ1n) is 6.64. The van der Waals surface area contributed by atoms with Crippen LogP contribution in [0.4, 0.5) is 35.1 Å². The van der Waals surface area contributed by atoms with E-state index in [-0.39, 0.29) is 18.2 Å². The van der Waals surface area contributed by atoms with Crippen molar-refractivity contribution in [2.75, 3.05) is 0 Å². The van der Waals surface area contributed by atoms with Crippen molar-refractivity contribution < 1.29 is 77.4 Å². The van der Waals surface area contributed by atoms with E-state index in [1.807, 2.05) is 0 Å². The van der Waals surface area contributed by atoms with Crippen LogP contribution in [0.15, 0.2) is 23.1 Å². The summed E-state index contributed by atoms with van der Waals surface area (Å²) in [5.41, 5.74) is -3.19. The number of hydrogen-bond acceptors (Lipinski definition) is 8. The minimum Gasteiger partial charge on any atom is -0.390 e. The van der Waals surface area contributed by atoms with E-state index in [9.17, 15) is 53.1 Å². The first-order valence-corrected chi connectivity index (χ1v) is 8.08. The van der Waals surface area contributed by atoms with Crippen LogP contribution in [0.1, 0.15) is 20.7 Å². The second-order valence-electron chi connectivity index (χ2n) is 5.12. The van der Waals surface area contributed by atoms with Gasteiger partial charge in [0.25, 0.3) is 10.1 Å². The molecule has 1 rings (SSSR count). The van der Waals surface area contributed by atoms with Gasteiger partial charge in [0.2, 0.25) is 0 Å². The summed E-state index contributed by atoms with van der Waals surface area (Å²) in [6.07, 6.45) is -23.7. The van der Waals surface area contributed by atoms with E-state index in [4.69, 9.17) is 14.8 Å². The van der Waals surface area contributed by atoms with Crippen molar-refractivity contribution in [3.05, 3.63) is 29.3 Å². The molecule has 0 spiro atoms. The van der Waals surface area contributed by atoms with Gasteiger partial charge in [-0.15, -0.1) is 0 Å². The van der Waals surface area contributed by atoms with Gasteiger partial charge in [-0.05, 0) is 18.2 Å². The summed E-state index contributed by atoms with van der Waals surface area (Å²) in [4.78, 5) is 21.5.